The molecule has 0 spiro atoms. The predicted molar refractivity (Wildman–Crippen MR) is 51.9 cm³/mol. The lowest BCUT2D eigenvalue weighted by Crippen LogP contribution is -2.35. The van der Waals surface area contributed by atoms with Crippen molar-refractivity contribution in [2.24, 2.45) is 5.92 Å². The van der Waals surface area contributed by atoms with Gasteiger partial charge in [-0.2, -0.15) is 0 Å². The molecule has 0 aromatic rings. The Balaban J connectivity index is 1.90. The molecule has 2 aliphatic rings. The zero-order valence-corrected chi connectivity index (χ0v) is 8.81. The first-order chi connectivity index (χ1) is 6.08. The third-order valence-electron chi connectivity index (χ3n) is 2.99. The highest BCUT2D eigenvalue weighted by Gasteiger charge is 2.37. The lowest BCUT2D eigenvalue weighted by Gasteiger charge is -2.11. The van der Waals surface area contributed by atoms with E-state index in [9.17, 15) is 8.42 Å². The maximum atomic E-state index is 11.5. The number of rotatable bonds is 3. The molecule has 2 saturated carbocycles. The molecule has 0 aromatic heterocycles. The minimum atomic E-state index is -2.94. The van der Waals surface area contributed by atoms with Gasteiger partial charge in [0.2, 0.25) is 10.0 Å². The van der Waals surface area contributed by atoms with Crippen molar-refractivity contribution in [1.29, 1.82) is 0 Å². The Bertz CT molecular complexity index is 282. The van der Waals surface area contributed by atoms with Gasteiger partial charge >= 0.3 is 0 Å². The normalized spacial score (nSPS) is 35.2. The van der Waals surface area contributed by atoms with Crippen molar-refractivity contribution in [2.75, 3.05) is 0 Å². The van der Waals surface area contributed by atoms with E-state index in [4.69, 9.17) is 0 Å². The van der Waals surface area contributed by atoms with E-state index in [1.807, 2.05) is 0 Å². The van der Waals surface area contributed by atoms with Crippen molar-refractivity contribution < 1.29 is 8.42 Å². The van der Waals surface area contributed by atoms with E-state index in [1.54, 1.807) is 0 Å². The van der Waals surface area contributed by atoms with Crippen molar-refractivity contribution in [3.05, 3.63) is 0 Å². The van der Waals surface area contributed by atoms with E-state index in [0.717, 1.165) is 32.1 Å². The molecule has 0 heterocycles. The average Bonchev–Trinajstić information content (AvgIpc) is 2.78. The molecule has 76 valence electrons. The molecular formula is C9H17NO2S. The second-order valence-electron chi connectivity index (χ2n) is 4.48. The van der Waals surface area contributed by atoms with Crippen LogP contribution in [0.4, 0.5) is 0 Å². The number of sulfonamides is 1. The van der Waals surface area contributed by atoms with E-state index < -0.39 is 10.0 Å². The van der Waals surface area contributed by atoms with E-state index in [2.05, 4.69) is 11.6 Å². The van der Waals surface area contributed by atoms with Crippen LogP contribution in [0.25, 0.3) is 0 Å². The quantitative estimate of drug-likeness (QED) is 0.750. The summed E-state index contributed by atoms with van der Waals surface area (Å²) in [6.07, 6.45) is 4.92. The van der Waals surface area contributed by atoms with Crippen LogP contribution in [0.3, 0.4) is 0 Å². The van der Waals surface area contributed by atoms with Gasteiger partial charge in [-0.05, 0) is 38.0 Å². The molecule has 0 amide bonds. The minimum absolute atomic E-state index is 0.0663. The first kappa shape index (κ1) is 9.46. The van der Waals surface area contributed by atoms with Gasteiger partial charge in [-0.15, -0.1) is 0 Å². The van der Waals surface area contributed by atoms with Crippen LogP contribution in [0.2, 0.25) is 0 Å². The zero-order valence-electron chi connectivity index (χ0n) is 7.99. The molecule has 2 aliphatic carbocycles. The maximum Gasteiger partial charge on any atom is 0.214 e. The third-order valence-corrected chi connectivity index (χ3v) is 5.00. The topological polar surface area (TPSA) is 46.2 Å². The fourth-order valence-corrected chi connectivity index (χ4v) is 3.65. The Morgan fingerprint density at radius 1 is 1.15 bits per heavy atom. The van der Waals surface area contributed by atoms with Crippen LogP contribution in [0.1, 0.15) is 39.0 Å². The van der Waals surface area contributed by atoms with E-state index in [0.29, 0.717) is 5.92 Å². The molecule has 0 aliphatic heterocycles. The summed E-state index contributed by atoms with van der Waals surface area (Å²) in [6, 6.07) is 0.223. The second-order valence-corrected chi connectivity index (χ2v) is 6.47. The van der Waals surface area contributed by atoms with Gasteiger partial charge in [0.15, 0.2) is 0 Å². The molecule has 4 heteroatoms. The van der Waals surface area contributed by atoms with E-state index in [-0.39, 0.29) is 11.3 Å². The smallest absolute Gasteiger partial charge is 0.212 e. The first-order valence-corrected chi connectivity index (χ1v) is 6.63. The molecule has 3 nitrogen and oxygen atoms in total. The Morgan fingerprint density at radius 2 is 1.85 bits per heavy atom. The fraction of sp³-hybridized carbons (Fsp3) is 1.00. The second kappa shape index (κ2) is 3.24. The van der Waals surface area contributed by atoms with Crippen molar-refractivity contribution in [3.63, 3.8) is 0 Å². The molecule has 2 atom stereocenters. The first-order valence-electron chi connectivity index (χ1n) is 5.09. The van der Waals surface area contributed by atoms with Crippen molar-refractivity contribution >= 4 is 10.0 Å². The van der Waals surface area contributed by atoms with Crippen LogP contribution in [0, 0.1) is 5.92 Å². The molecule has 0 aromatic carbocycles. The van der Waals surface area contributed by atoms with Crippen molar-refractivity contribution in [1.82, 2.24) is 4.72 Å². The lowest BCUT2D eigenvalue weighted by molar-refractivity contribution is 0.537. The molecular weight excluding hydrogens is 186 g/mol. The van der Waals surface area contributed by atoms with Crippen LogP contribution in [0.15, 0.2) is 0 Å². The average molecular weight is 203 g/mol. The van der Waals surface area contributed by atoms with Crippen molar-refractivity contribution in [2.45, 2.75) is 50.3 Å². The van der Waals surface area contributed by atoms with Crippen LogP contribution in [-0.2, 0) is 10.0 Å². The molecule has 0 saturated heterocycles. The van der Waals surface area contributed by atoms with Crippen LogP contribution >= 0.6 is 0 Å². The highest BCUT2D eigenvalue weighted by Crippen LogP contribution is 2.30. The summed E-state index contributed by atoms with van der Waals surface area (Å²) in [5.74, 6) is 0.687. The van der Waals surface area contributed by atoms with E-state index >= 15 is 0 Å². The highest BCUT2D eigenvalue weighted by molar-refractivity contribution is 7.90. The Labute approximate surface area is 80.0 Å². The van der Waals surface area contributed by atoms with Gasteiger partial charge in [0.25, 0.3) is 0 Å². The summed E-state index contributed by atoms with van der Waals surface area (Å²) in [7, 11) is -2.94. The maximum absolute atomic E-state index is 11.5. The Kier molecular flexibility index (Phi) is 2.36. The molecule has 2 rings (SSSR count). The summed E-state index contributed by atoms with van der Waals surface area (Å²) in [6.45, 7) is 2.19. The van der Waals surface area contributed by atoms with Crippen LogP contribution < -0.4 is 4.72 Å². The summed E-state index contributed by atoms with van der Waals surface area (Å²) in [5, 5.41) is -0.0663. The zero-order chi connectivity index (χ0) is 9.47. The number of hydrogen-bond acceptors (Lipinski definition) is 2. The van der Waals surface area contributed by atoms with Gasteiger partial charge in [0.1, 0.15) is 0 Å². The lowest BCUT2D eigenvalue weighted by atomic mass is 10.1. The molecule has 0 unspecified atom stereocenters. The summed E-state index contributed by atoms with van der Waals surface area (Å²) in [5.41, 5.74) is 0. The molecule has 1 N–H and O–H groups in total. The monoisotopic (exact) mass is 203 g/mol. The van der Waals surface area contributed by atoms with Gasteiger partial charge in [-0.1, -0.05) is 6.92 Å². The summed E-state index contributed by atoms with van der Waals surface area (Å²) in [4.78, 5) is 0. The molecule has 2 fully saturated rings. The van der Waals surface area contributed by atoms with Crippen LogP contribution in [0.5, 0.6) is 0 Å². The minimum Gasteiger partial charge on any atom is -0.212 e. The van der Waals surface area contributed by atoms with Crippen LogP contribution in [-0.4, -0.2) is 19.7 Å². The number of hydrogen-bond donors (Lipinski definition) is 1. The van der Waals surface area contributed by atoms with Gasteiger partial charge in [0, 0.05) is 6.04 Å². The highest BCUT2D eigenvalue weighted by atomic mass is 32.2. The van der Waals surface area contributed by atoms with Gasteiger partial charge in [-0.3, -0.25) is 0 Å². The molecule has 13 heavy (non-hydrogen) atoms. The largest absolute Gasteiger partial charge is 0.214 e. The van der Waals surface area contributed by atoms with Gasteiger partial charge < -0.3 is 0 Å². The Hall–Kier alpha value is -0.0900. The predicted octanol–water partition coefficient (Wildman–Crippen LogP) is 1.26. The summed E-state index contributed by atoms with van der Waals surface area (Å²) >= 11 is 0. The molecule has 0 bridgehead atoms. The summed E-state index contributed by atoms with van der Waals surface area (Å²) < 4.78 is 25.9. The van der Waals surface area contributed by atoms with Gasteiger partial charge in [0.05, 0.1) is 5.25 Å². The van der Waals surface area contributed by atoms with Crippen molar-refractivity contribution in [3.8, 4) is 0 Å². The standard InChI is InChI=1S/C9H17NO2S/c1-7-2-3-8(6-7)10-13(11,12)9-4-5-9/h7-10H,2-6H2,1H3/t7-,8+/m0/s1. The SMILES string of the molecule is C[C@H]1CC[C@@H](NS(=O)(=O)C2CC2)C1. The Morgan fingerprint density at radius 3 is 2.31 bits per heavy atom. The van der Waals surface area contributed by atoms with Gasteiger partial charge in [-0.25, -0.2) is 13.1 Å². The van der Waals surface area contributed by atoms with E-state index in [1.165, 1.54) is 0 Å². The number of nitrogens with one attached hydrogen (secondary N) is 1. The third kappa shape index (κ3) is 2.23. The fourth-order valence-electron chi connectivity index (χ4n) is 2.02. The molecule has 0 radical (unpaired) electrons.